The van der Waals surface area contributed by atoms with E-state index in [4.69, 9.17) is 0 Å². The Hall–Kier alpha value is -2.23. The fourth-order valence-corrected chi connectivity index (χ4v) is 1.71. The van der Waals surface area contributed by atoms with Gasteiger partial charge in [-0.1, -0.05) is 30.3 Å². The summed E-state index contributed by atoms with van der Waals surface area (Å²) in [7, 11) is 0. The third-order valence-electron chi connectivity index (χ3n) is 2.80. The molecule has 1 amide bonds. The standard InChI is InChI=1S/C14H15N3O/c1-10(12-6-4-3-5-7-12)17-14(18)13-8-15-9-16-11(13)2/h3-10H,1-2H3,(H,17,18). The van der Waals surface area contributed by atoms with E-state index in [2.05, 4.69) is 15.3 Å². The lowest BCUT2D eigenvalue weighted by Gasteiger charge is -2.14. The lowest BCUT2D eigenvalue weighted by Crippen LogP contribution is -2.27. The Morgan fingerprint density at radius 2 is 2.00 bits per heavy atom. The summed E-state index contributed by atoms with van der Waals surface area (Å²) in [6.45, 7) is 3.75. The van der Waals surface area contributed by atoms with E-state index in [1.165, 1.54) is 12.5 Å². The number of hydrogen-bond donors (Lipinski definition) is 1. The van der Waals surface area contributed by atoms with E-state index in [0.29, 0.717) is 11.3 Å². The van der Waals surface area contributed by atoms with Crippen molar-refractivity contribution in [2.45, 2.75) is 19.9 Å². The van der Waals surface area contributed by atoms with Crippen LogP contribution >= 0.6 is 0 Å². The molecule has 1 heterocycles. The van der Waals surface area contributed by atoms with Crippen molar-refractivity contribution in [2.75, 3.05) is 0 Å². The monoisotopic (exact) mass is 241 g/mol. The molecule has 0 saturated heterocycles. The van der Waals surface area contributed by atoms with E-state index in [1.807, 2.05) is 37.3 Å². The van der Waals surface area contributed by atoms with Gasteiger partial charge < -0.3 is 5.32 Å². The molecule has 0 radical (unpaired) electrons. The van der Waals surface area contributed by atoms with Crippen molar-refractivity contribution >= 4 is 5.91 Å². The number of benzene rings is 1. The second-order valence-corrected chi connectivity index (χ2v) is 4.13. The Morgan fingerprint density at radius 1 is 1.28 bits per heavy atom. The summed E-state index contributed by atoms with van der Waals surface area (Å²) in [5.41, 5.74) is 2.27. The molecule has 2 rings (SSSR count). The highest BCUT2D eigenvalue weighted by Crippen LogP contribution is 2.12. The second kappa shape index (κ2) is 5.40. The van der Waals surface area contributed by atoms with Crippen LogP contribution < -0.4 is 5.32 Å². The van der Waals surface area contributed by atoms with Crippen LogP contribution in [-0.2, 0) is 0 Å². The van der Waals surface area contributed by atoms with E-state index in [9.17, 15) is 4.79 Å². The third-order valence-corrected chi connectivity index (χ3v) is 2.80. The Kier molecular flexibility index (Phi) is 3.67. The molecule has 92 valence electrons. The number of nitrogens with zero attached hydrogens (tertiary/aromatic N) is 2. The van der Waals surface area contributed by atoms with Crippen LogP contribution in [0, 0.1) is 6.92 Å². The first kappa shape index (κ1) is 12.2. The molecule has 1 unspecified atom stereocenters. The quantitative estimate of drug-likeness (QED) is 0.896. The van der Waals surface area contributed by atoms with Gasteiger partial charge in [0.1, 0.15) is 6.33 Å². The van der Waals surface area contributed by atoms with E-state index >= 15 is 0 Å². The molecule has 0 spiro atoms. The maximum Gasteiger partial charge on any atom is 0.255 e. The summed E-state index contributed by atoms with van der Waals surface area (Å²) in [6.07, 6.45) is 2.97. The summed E-state index contributed by atoms with van der Waals surface area (Å²) in [5, 5.41) is 2.93. The lowest BCUT2D eigenvalue weighted by atomic mass is 10.1. The van der Waals surface area contributed by atoms with E-state index in [-0.39, 0.29) is 11.9 Å². The summed E-state index contributed by atoms with van der Waals surface area (Å²) in [5.74, 6) is -0.149. The highest BCUT2D eigenvalue weighted by molar-refractivity contribution is 5.95. The van der Waals surface area contributed by atoms with Gasteiger partial charge in [0.25, 0.3) is 5.91 Å². The molecule has 1 aromatic heterocycles. The minimum absolute atomic E-state index is 0.0432. The summed E-state index contributed by atoms with van der Waals surface area (Å²) >= 11 is 0. The van der Waals surface area contributed by atoms with Gasteiger partial charge in [-0.15, -0.1) is 0 Å². The predicted octanol–water partition coefficient (Wildman–Crippen LogP) is 2.28. The van der Waals surface area contributed by atoms with Gasteiger partial charge in [0.15, 0.2) is 0 Å². The predicted molar refractivity (Wildman–Crippen MR) is 69.1 cm³/mol. The van der Waals surface area contributed by atoms with Crippen LogP contribution in [0.1, 0.15) is 34.6 Å². The Labute approximate surface area is 106 Å². The number of aryl methyl sites for hydroxylation is 1. The van der Waals surface area contributed by atoms with Crippen molar-refractivity contribution in [3.05, 3.63) is 59.7 Å². The van der Waals surface area contributed by atoms with Gasteiger partial charge in [0.2, 0.25) is 0 Å². The van der Waals surface area contributed by atoms with Crippen LogP contribution in [-0.4, -0.2) is 15.9 Å². The smallest absolute Gasteiger partial charge is 0.255 e. The lowest BCUT2D eigenvalue weighted by molar-refractivity contribution is 0.0938. The van der Waals surface area contributed by atoms with Gasteiger partial charge >= 0.3 is 0 Å². The molecule has 2 aromatic rings. The van der Waals surface area contributed by atoms with E-state index in [0.717, 1.165) is 5.56 Å². The molecule has 0 aliphatic carbocycles. The molecule has 4 heteroatoms. The number of amides is 1. The first-order chi connectivity index (χ1) is 8.68. The van der Waals surface area contributed by atoms with Crippen molar-refractivity contribution in [3.8, 4) is 0 Å². The van der Waals surface area contributed by atoms with Crippen molar-refractivity contribution < 1.29 is 4.79 Å². The van der Waals surface area contributed by atoms with Gasteiger partial charge in [-0.2, -0.15) is 0 Å². The van der Waals surface area contributed by atoms with Crippen molar-refractivity contribution in [3.63, 3.8) is 0 Å². The van der Waals surface area contributed by atoms with Crippen LogP contribution in [0.25, 0.3) is 0 Å². The van der Waals surface area contributed by atoms with Crippen LogP contribution in [0.4, 0.5) is 0 Å². The minimum Gasteiger partial charge on any atom is -0.345 e. The summed E-state index contributed by atoms with van der Waals surface area (Å²) in [4.78, 5) is 19.9. The molecule has 4 nitrogen and oxygen atoms in total. The Bertz CT molecular complexity index is 540. The highest BCUT2D eigenvalue weighted by atomic mass is 16.1. The zero-order valence-corrected chi connectivity index (χ0v) is 10.4. The normalized spacial score (nSPS) is 11.9. The van der Waals surface area contributed by atoms with Gasteiger partial charge in [-0.05, 0) is 19.4 Å². The number of rotatable bonds is 3. The number of carbonyl (C=O) groups excluding carboxylic acids is 1. The zero-order valence-electron chi connectivity index (χ0n) is 10.4. The van der Waals surface area contributed by atoms with Crippen LogP contribution in [0.2, 0.25) is 0 Å². The molecule has 0 aliphatic heterocycles. The third kappa shape index (κ3) is 2.71. The van der Waals surface area contributed by atoms with Crippen molar-refractivity contribution in [2.24, 2.45) is 0 Å². The molecule has 1 atom stereocenters. The average molecular weight is 241 g/mol. The fraction of sp³-hybridized carbons (Fsp3) is 0.214. The average Bonchev–Trinajstić information content (AvgIpc) is 2.40. The van der Waals surface area contributed by atoms with Crippen LogP contribution in [0.3, 0.4) is 0 Å². The topological polar surface area (TPSA) is 54.9 Å². The highest BCUT2D eigenvalue weighted by Gasteiger charge is 2.13. The van der Waals surface area contributed by atoms with Gasteiger partial charge in [0.05, 0.1) is 17.3 Å². The fourth-order valence-electron chi connectivity index (χ4n) is 1.71. The molecule has 0 aliphatic rings. The molecule has 0 bridgehead atoms. The molecule has 0 saturated carbocycles. The number of carbonyl (C=O) groups is 1. The minimum atomic E-state index is -0.149. The molecular weight excluding hydrogens is 226 g/mol. The molecular formula is C14H15N3O. The molecule has 0 fully saturated rings. The Morgan fingerprint density at radius 3 is 2.67 bits per heavy atom. The first-order valence-electron chi connectivity index (χ1n) is 5.81. The second-order valence-electron chi connectivity index (χ2n) is 4.13. The van der Waals surface area contributed by atoms with E-state index in [1.54, 1.807) is 6.92 Å². The maximum atomic E-state index is 12.1. The largest absolute Gasteiger partial charge is 0.345 e. The SMILES string of the molecule is Cc1ncncc1C(=O)NC(C)c1ccccc1. The molecule has 1 N–H and O–H groups in total. The summed E-state index contributed by atoms with van der Waals surface area (Å²) in [6, 6.07) is 9.79. The van der Waals surface area contributed by atoms with Crippen molar-refractivity contribution in [1.29, 1.82) is 0 Å². The zero-order chi connectivity index (χ0) is 13.0. The van der Waals surface area contributed by atoms with Crippen molar-refractivity contribution in [1.82, 2.24) is 15.3 Å². The number of nitrogens with one attached hydrogen (secondary N) is 1. The number of aromatic nitrogens is 2. The van der Waals surface area contributed by atoms with E-state index < -0.39 is 0 Å². The Balaban J connectivity index is 2.11. The van der Waals surface area contributed by atoms with Gasteiger partial charge in [0, 0.05) is 6.20 Å². The van der Waals surface area contributed by atoms with Crippen LogP contribution in [0.15, 0.2) is 42.9 Å². The number of hydrogen-bond acceptors (Lipinski definition) is 3. The maximum absolute atomic E-state index is 12.1. The molecule has 18 heavy (non-hydrogen) atoms. The molecule has 1 aromatic carbocycles. The van der Waals surface area contributed by atoms with Gasteiger partial charge in [-0.3, -0.25) is 4.79 Å². The van der Waals surface area contributed by atoms with Crippen LogP contribution in [0.5, 0.6) is 0 Å². The van der Waals surface area contributed by atoms with Gasteiger partial charge in [-0.25, -0.2) is 9.97 Å². The summed E-state index contributed by atoms with van der Waals surface area (Å²) < 4.78 is 0. The first-order valence-corrected chi connectivity index (χ1v) is 5.81.